The summed E-state index contributed by atoms with van der Waals surface area (Å²) in [5.74, 6) is 0.0964. The largest absolute Gasteiger partial charge is 0.348 e. The first-order chi connectivity index (χ1) is 12.6. The van der Waals surface area contributed by atoms with Gasteiger partial charge >= 0.3 is 0 Å². The molecule has 132 valence electrons. The zero-order chi connectivity index (χ0) is 18.1. The lowest BCUT2D eigenvalue weighted by Gasteiger charge is -2.21. The lowest BCUT2D eigenvalue weighted by Crippen LogP contribution is -2.18. The van der Waals surface area contributed by atoms with E-state index in [-0.39, 0.29) is 11.9 Å². The van der Waals surface area contributed by atoms with Gasteiger partial charge < -0.3 is 4.57 Å². The molecule has 1 aromatic rings. The number of aliphatic imine (C=N–C) groups is 1. The average Bonchev–Trinajstić information content (AvgIpc) is 3.06. The van der Waals surface area contributed by atoms with E-state index in [1.54, 1.807) is 18.2 Å². The van der Waals surface area contributed by atoms with Crippen LogP contribution in [0.15, 0.2) is 59.4 Å². The third-order valence-corrected chi connectivity index (χ3v) is 4.80. The summed E-state index contributed by atoms with van der Waals surface area (Å²) >= 11 is 6.06. The van der Waals surface area contributed by atoms with Crippen molar-refractivity contribution < 1.29 is 4.39 Å². The number of fused-ring (bicyclic) bond motifs is 1. The van der Waals surface area contributed by atoms with Gasteiger partial charge in [0.1, 0.15) is 16.7 Å². The van der Waals surface area contributed by atoms with Gasteiger partial charge in [-0.05, 0) is 30.2 Å². The van der Waals surface area contributed by atoms with E-state index >= 15 is 0 Å². The number of pyridine rings is 1. The van der Waals surface area contributed by atoms with Gasteiger partial charge in [0, 0.05) is 25.4 Å². The predicted octanol–water partition coefficient (Wildman–Crippen LogP) is 4.94. The second-order valence-corrected chi connectivity index (χ2v) is 6.76. The molecule has 0 saturated heterocycles. The Hall–Kier alpha value is -2.53. The maximum absolute atomic E-state index is 14.0. The number of hydrogen-bond donors (Lipinski definition) is 0. The topological polar surface area (TPSA) is 43.1 Å². The summed E-state index contributed by atoms with van der Waals surface area (Å²) < 4.78 is 16.1. The smallest absolute Gasteiger partial charge is 0.163 e. The molecule has 1 aromatic carbocycles. The predicted molar refractivity (Wildman–Crippen MR) is 102 cm³/mol. The number of aromatic nitrogens is 3. The van der Waals surface area contributed by atoms with Crippen LogP contribution in [-0.4, -0.2) is 25.7 Å². The highest BCUT2D eigenvalue weighted by Gasteiger charge is 2.18. The Morgan fingerprint density at radius 2 is 2.00 bits per heavy atom. The Morgan fingerprint density at radius 3 is 2.81 bits per heavy atom. The molecule has 1 atom stereocenters. The second kappa shape index (κ2) is 7.00. The van der Waals surface area contributed by atoms with Crippen molar-refractivity contribution in [3.63, 3.8) is 0 Å². The monoisotopic (exact) mass is 368 g/mol. The molecule has 0 saturated carbocycles. The van der Waals surface area contributed by atoms with Gasteiger partial charge in [0.2, 0.25) is 0 Å². The SMILES string of the molecule is CCC1N=C(Cl)CC=C1Cn1ccc2nc(-c3ccccc3F)nc-2c1. The van der Waals surface area contributed by atoms with E-state index in [9.17, 15) is 4.39 Å². The van der Waals surface area contributed by atoms with Crippen LogP contribution in [0, 0.1) is 5.82 Å². The Balaban J connectivity index is 1.63. The van der Waals surface area contributed by atoms with Crippen LogP contribution in [-0.2, 0) is 6.54 Å². The number of benzene rings is 1. The zero-order valence-electron chi connectivity index (χ0n) is 14.4. The van der Waals surface area contributed by atoms with Crippen LogP contribution in [0.5, 0.6) is 0 Å². The summed E-state index contributed by atoms with van der Waals surface area (Å²) in [6.07, 6.45) is 7.67. The Labute approximate surface area is 156 Å². The van der Waals surface area contributed by atoms with Crippen molar-refractivity contribution in [1.29, 1.82) is 0 Å². The van der Waals surface area contributed by atoms with Crippen LogP contribution in [0.2, 0.25) is 0 Å². The molecule has 3 aliphatic rings. The van der Waals surface area contributed by atoms with Crippen molar-refractivity contribution in [2.75, 3.05) is 0 Å². The molecule has 0 N–H and O–H groups in total. The molecule has 0 amide bonds. The Morgan fingerprint density at radius 1 is 1.19 bits per heavy atom. The van der Waals surface area contributed by atoms with Crippen molar-refractivity contribution >= 4 is 16.8 Å². The first kappa shape index (κ1) is 16.9. The normalized spacial score (nSPS) is 17.3. The van der Waals surface area contributed by atoms with Crippen molar-refractivity contribution in [3.8, 4) is 22.8 Å². The van der Waals surface area contributed by atoms with Crippen LogP contribution in [0.25, 0.3) is 22.8 Å². The highest BCUT2D eigenvalue weighted by atomic mass is 35.5. The molecule has 6 heteroatoms. The maximum atomic E-state index is 14.0. The summed E-state index contributed by atoms with van der Waals surface area (Å²) in [7, 11) is 0. The van der Waals surface area contributed by atoms with Crippen LogP contribution < -0.4 is 0 Å². The fraction of sp³-hybridized carbons (Fsp3) is 0.250. The van der Waals surface area contributed by atoms with E-state index in [1.807, 2.05) is 18.5 Å². The summed E-state index contributed by atoms with van der Waals surface area (Å²) in [5, 5.41) is 0.664. The molecule has 0 aromatic heterocycles. The van der Waals surface area contributed by atoms with Gasteiger partial charge in [-0.25, -0.2) is 14.4 Å². The highest BCUT2D eigenvalue weighted by molar-refractivity contribution is 6.65. The van der Waals surface area contributed by atoms with E-state index in [4.69, 9.17) is 11.6 Å². The minimum atomic E-state index is -0.316. The minimum Gasteiger partial charge on any atom is -0.348 e. The van der Waals surface area contributed by atoms with E-state index in [1.165, 1.54) is 11.6 Å². The summed E-state index contributed by atoms with van der Waals surface area (Å²) in [6.45, 7) is 2.83. The summed E-state index contributed by atoms with van der Waals surface area (Å²) in [5.41, 5.74) is 3.16. The van der Waals surface area contributed by atoms with E-state index in [0.717, 1.165) is 24.4 Å². The molecule has 0 spiro atoms. The summed E-state index contributed by atoms with van der Waals surface area (Å²) in [6, 6.07) is 8.59. The highest BCUT2D eigenvalue weighted by Crippen LogP contribution is 2.27. The quantitative estimate of drug-likeness (QED) is 0.612. The Bertz CT molecular complexity index is 976. The van der Waals surface area contributed by atoms with Gasteiger partial charge in [-0.1, -0.05) is 36.7 Å². The van der Waals surface area contributed by atoms with E-state index in [0.29, 0.717) is 23.0 Å². The molecule has 0 radical (unpaired) electrons. The molecule has 3 aliphatic heterocycles. The number of hydrogen-bond acceptors (Lipinski definition) is 3. The molecular weight excluding hydrogens is 351 g/mol. The number of nitrogens with zero attached hydrogens (tertiary/aromatic N) is 4. The Kier molecular flexibility index (Phi) is 4.55. The lowest BCUT2D eigenvalue weighted by atomic mass is 10.0. The minimum absolute atomic E-state index is 0.124. The fourth-order valence-corrected chi connectivity index (χ4v) is 3.40. The third-order valence-electron chi connectivity index (χ3n) is 4.55. The number of allylic oxidation sites excluding steroid dienone is 1. The van der Waals surface area contributed by atoms with Gasteiger partial charge in [-0.15, -0.1) is 0 Å². The van der Waals surface area contributed by atoms with Gasteiger partial charge in [-0.2, -0.15) is 0 Å². The number of imidazole rings is 1. The molecular formula is C20H18ClFN4. The van der Waals surface area contributed by atoms with Gasteiger partial charge in [0.15, 0.2) is 5.82 Å². The van der Waals surface area contributed by atoms with Crippen molar-refractivity contribution in [2.24, 2.45) is 4.99 Å². The van der Waals surface area contributed by atoms with Crippen LogP contribution in [0.4, 0.5) is 4.39 Å². The maximum Gasteiger partial charge on any atom is 0.163 e. The lowest BCUT2D eigenvalue weighted by molar-refractivity contribution is 0.630. The van der Waals surface area contributed by atoms with E-state index < -0.39 is 0 Å². The molecule has 4 nitrogen and oxygen atoms in total. The molecule has 0 aliphatic carbocycles. The standard InChI is InChI=1S/C20H18ClFN4/c1-2-16-13(7-8-19(21)23-16)11-26-10-9-17-18(12-26)25-20(24-17)14-5-3-4-6-15(14)22/h3-7,9-10,12,16H,2,8,11H2,1H3. The van der Waals surface area contributed by atoms with Crippen molar-refractivity contribution in [1.82, 2.24) is 14.5 Å². The summed E-state index contributed by atoms with van der Waals surface area (Å²) in [4.78, 5) is 13.5. The van der Waals surface area contributed by atoms with Gasteiger partial charge in [0.05, 0.1) is 17.3 Å². The number of dihydropyridines is 1. The first-order valence-electron chi connectivity index (χ1n) is 8.63. The molecule has 0 bridgehead atoms. The van der Waals surface area contributed by atoms with Crippen LogP contribution in [0.3, 0.4) is 0 Å². The fourth-order valence-electron chi connectivity index (χ4n) is 3.20. The van der Waals surface area contributed by atoms with E-state index in [2.05, 4.69) is 32.5 Å². The van der Waals surface area contributed by atoms with Crippen LogP contribution in [0.1, 0.15) is 19.8 Å². The molecule has 0 fully saturated rings. The van der Waals surface area contributed by atoms with Crippen molar-refractivity contribution in [2.45, 2.75) is 32.4 Å². The molecule has 1 unspecified atom stereocenters. The molecule has 4 rings (SSSR count). The first-order valence-corrected chi connectivity index (χ1v) is 9.01. The van der Waals surface area contributed by atoms with Gasteiger partial charge in [0.25, 0.3) is 0 Å². The number of halogens is 2. The van der Waals surface area contributed by atoms with Crippen LogP contribution >= 0.6 is 11.6 Å². The number of rotatable bonds is 4. The average molecular weight is 369 g/mol. The van der Waals surface area contributed by atoms with Crippen molar-refractivity contribution in [3.05, 3.63) is 60.2 Å². The third kappa shape index (κ3) is 3.27. The van der Waals surface area contributed by atoms with Gasteiger partial charge in [-0.3, -0.25) is 4.99 Å². The molecule has 3 heterocycles. The molecule has 26 heavy (non-hydrogen) atoms. The zero-order valence-corrected chi connectivity index (χ0v) is 15.1. The second-order valence-electron chi connectivity index (χ2n) is 6.33.